The van der Waals surface area contributed by atoms with Gasteiger partial charge < -0.3 is 5.32 Å². The van der Waals surface area contributed by atoms with Crippen molar-refractivity contribution in [2.45, 2.75) is 12.6 Å². The fourth-order valence-electron chi connectivity index (χ4n) is 2.45. The van der Waals surface area contributed by atoms with Gasteiger partial charge in [-0.3, -0.25) is 4.79 Å². The molecule has 4 rings (SSSR count). The number of hydrogen-bond acceptors (Lipinski definition) is 3. The molecule has 1 aliphatic carbocycles. The number of amides is 1. The van der Waals surface area contributed by atoms with Gasteiger partial charge in [-0.05, 0) is 46.6 Å². The summed E-state index contributed by atoms with van der Waals surface area (Å²) in [6.07, 6.45) is 2.42. The molecule has 1 saturated carbocycles. The van der Waals surface area contributed by atoms with Crippen LogP contribution in [-0.4, -0.2) is 26.8 Å². The highest BCUT2D eigenvalue weighted by molar-refractivity contribution is 9.10. The van der Waals surface area contributed by atoms with E-state index in [4.69, 9.17) is 0 Å². The highest BCUT2D eigenvalue weighted by atomic mass is 79.9. The Morgan fingerprint density at radius 1 is 1.38 bits per heavy atom. The van der Waals surface area contributed by atoms with Crippen LogP contribution in [0.3, 0.4) is 0 Å². The van der Waals surface area contributed by atoms with Gasteiger partial charge in [0.2, 0.25) is 5.91 Å². The molecule has 0 radical (unpaired) electrons. The molecule has 0 spiro atoms. The van der Waals surface area contributed by atoms with E-state index in [0.29, 0.717) is 11.3 Å². The number of alkyl halides is 1. The molecule has 1 aromatic carbocycles. The Morgan fingerprint density at radius 3 is 2.92 bits per heavy atom. The molecule has 2 atom stereocenters. The molecule has 1 fully saturated rings. The van der Waals surface area contributed by atoms with E-state index in [-0.39, 0.29) is 12.1 Å². The van der Waals surface area contributed by atoms with Crippen LogP contribution in [0.25, 0.3) is 16.7 Å². The number of carbonyl (C=O) groups is 1. The number of anilines is 1. The van der Waals surface area contributed by atoms with Crippen LogP contribution in [0.2, 0.25) is 0 Å². The van der Waals surface area contributed by atoms with E-state index in [2.05, 4.69) is 31.3 Å². The minimum atomic E-state index is -1.08. The lowest BCUT2D eigenvalue weighted by atomic mass is 10.2. The van der Waals surface area contributed by atoms with Crippen molar-refractivity contribution in [3.05, 3.63) is 46.9 Å². The number of nitrogens with zero attached hydrogens (tertiary/aromatic N) is 3. The lowest BCUT2D eigenvalue weighted by molar-refractivity contribution is -0.117. The summed E-state index contributed by atoms with van der Waals surface area (Å²) >= 11 is 3.32. The summed E-state index contributed by atoms with van der Waals surface area (Å²) in [7, 11) is 0. The third-order valence-electron chi connectivity index (χ3n) is 3.84. The van der Waals surface area contributed by atoms with Crippen LogP contribution in [0.5, 0.6) is 0 Å². The van der Waals surface area contributed by atoms with Crippen molar-refractivity contribution in [2.24, 2.45) is 5.92 Å². The van der Waals surface area contributed by atoms with Crippen LogP contribution in [0, 0.1) is 11.7 Å². The Bertz CT molecular complexity index is 958. The van der Waals surface area contributed by atoms with Gasteiger partial charge in [0.1, 0.15) is 17.7 Å². The first-order chi connectivity index (χ1) is 11.5. The maximum atomic E-state index is 14.2. The number of carbonyl (C=O) groups excluding carboxylic acids is 1. The van der Waals surface area contributed by atoms with Gasteiger partial charge >= 0.3 is 0 Å². The molecule has 5 nitrogen and oxygen atoms in total. The highest BCUT2D eigenvalue weighted by Crippen LogP contribution is 2.35. The molecule has 0 unspecified atom stereocenters. The molecule has 2 aromatic heterocycles. The van der Waals surface area contributed by atoms with Crippen LogP contribution in [-0.2, 0) is 4.79 Å². The summed E-state index contributed by atoms with van der Waals surface area (Å²) in [6.45, 7) is 0. The van der Waals surface area contributed by atoms with Crippen LogP contribution in [0.15, 0.2) is 41.1 Å². The molecular weight excluding hydrogens is 382 g/mol. The highest BCUT2D eigenvalue weighted by Gasteiger charge is 2.43. The number of nitrogens with one attached hydrogen (secondary N) is 1. The zero-order valence-electron chi connectivity index (χ0n) is 12.2. The van der Waals surface area contributed by atoms with E-state index in [9.17, 15) is 13.6 Å². The van der Waals surface area contributed by atoms with Crippen molar-refractivity contribution in [2.75, 3.05) is 5.32 Å². The largest absolute Gasteiger partial charge is 0.326 e. The van der Waals surface area contributed by atoms with E-state index in [1.54, 1.807) is 12.4 Å². The lowest BCUT2D eigenvalue weighted by Gasteiger charge is -2.08. The van der Waals surface area contributed by atoms with E-state index < -0.39 is 23.8 Å². The summed E-state index contributed by atoms with van der Waals surface area (Å²) in [5.74, 6) is -1.49. The maximum absolute atomic E-state index is 14.2. The second-order valence-corrected chi connectivity index (χ2v) is 6.57. The summed E-state index contributed by atoms with van der Waals surface area (Å²) < 4.78 is 29.3. The number of fused-ring (bicyclic) bond motifs is 1. The number of rotatable bonds is 3. The zero-order chi connectivity index (χ0) is 16.8. The number of halogens is 3. The van der Waals surface area contributed by atoms with Gasteiger partial charge in [-0.2, -0.15) is 0 Å². The van der Waals surface area contributed by atoms with Crippen molar-refractivity contribution in [1.29, 1.82) is 0 Å². The zero-order valence-corrected chi connectivity index (χ0v) is 13.8. The molecule has 1 aliphatic rings. The number of hydrogen-bond donors (Lipinski definition) is 1. The molecule has 2 heterocycles. The Labute approximate surface area is 143 Å². The predicted molar refractivity (Wildman–Crippen MR) is 88.2 cm³/mol. The number of aromatic nitrogens is 3. The van der Waals surface area contributed by atoms with Crippen LogP contribution in [0.1, 0.15) is 6.42 Å². The van der Waals surface area contributed by atoms with Crippen LogP contribution < -0.4 is 5.32 Å². The number of pyridine rings is 1. The smallest absolute Gasteiger partial charge is 0.230 e. The molecule has 0 saturated heterocycles. The Morgan fingerprint density at radius 2 is 2.17 bits per heavy atom. The summed E-state index contributed by atoms with van der Waals surface area (Å²) in [4.78, 5) is 16.0. The summed E-state index contributed by atoms with van der Waals surface area (Å²) in [5.41, 5.74) is 1.05. The Hall–Kier alpha value is -2.35. The predicted octanol–water partition coefficient (Wildman–Crippen LogP) is 3.62. The second-order valence-electron chi connectivity index (χ2n) is 5.65. The summed E-state index contributed by atoms with van der Waals surface area (Å²) in [6, 6.07) is 5.96. The Kier molecular flexibility index (Phi) is 3.56. The third kappa shape index (κ3) is 2.77. The van der Waals surface area contributed by atoms with E-state index >= 15 is 0 Å². The SMILES string of the molecule is O=C(Nc1ccc(F)c(-n2cc3cc(Br)cnc3n2)c1)[C@H]1C[C@@H]1F. The lowest BCUT2D eigenvalue weighted by Crippen LogP contribution is -2.15. The van der Waals surface area contributed by atoms with Gasteiger partial charge in [0, 0.05) is 27.9 Å². The van der Waals surface area contributed by atoms with Gasteiger partial charge in [0.05, 0.1) is 5.92 Å². The fourth-order valence-corrected chi connectivity index (χ4v) is 2.80. The van der Waals surface area contributed by atoms with Crippen LogP contribution >= 0.6 is 15.9 Å². The summed E-state index contributed by atoms with van der Waals surface area (Å²) in [5, 5.41) is 7.59. The molecule has 1 N–H and O–H groups in total. The van der Waals surface area contributed by atoms with E-state index in [0.717, 1.165) is 9.86 Å². The first kappa shape index (κ1) is 15.2. The minimum absolute atomic E-state index is 0.175. The third-order valence-corrected chi connectivity index (χ3v) is 4.27. The van der Waals surface area contributed by atoms with Crippen molar-refractivity contribution in [3.8, 4) is 5.69 Å². The average Bonchev–Trinajstić information content (AvgIpc) is 3.14. The maximum Gasteiger partial charge on any atom is 0.230 e. The molecule has 8 heteroatoms. The van der Waals surface area contributed by atoms with Crippen molar-refractivity contribution >= 4 is 38.6 Å². The molecule has 0 bridgehead atoms. The van der Waals surface area contributed by atoms with Gasteiger partial charge in [0.15, 0.2) is 5.65 Å². The molecule has 24 heavy (non-hydrogen) atoms. The monoisotopic (exact) mass is 392 g/mol. The van der Waals surface area contributed by atoms with Crippen molar-refractivity contribution in [1.82, 2.24) is 14.8 Å². The van der Waals surface area contributed by atoms with Gasteiger partial charge in [-0.25, -0.2) is 18.4 Å². The standard InChI is InChI=1S/C16H11BrF2N4O/c17-9-3-8-7-23(22-15(8)20-6-9)14-4-10(1-2-12(14)18)21-16(24)11-5-13(11)19/h1-4,6-7,11,13H,5H2,(H,21,24)/t11-,13-/m0/s1. The molecular formula is C16H11BrF2N4O. The number of benzene rings is 1. The fraction of sp³-hybridized carbons (Fsp3) is 0.188. The van der Waals surface area contributed by atoms with Gasteiger partial charge in [-0.15, -0.1) is 5.10 Å². The van der Waals surface area contributed by atoms with Crippen molar-refractivity contribution in [3.63, 3.8) is 0 Å². The van der Waals surface area contributed by atoms with E-state index in [1.165, 1.54) is 22.9 Å². The molecule has 122 valence electrons. The molecule has 0 aliphatic heterocycles. The second kappa shape index (κ2) is 5.62. The van der Waals surface area contributed by atoms with Crippen molar-refractivity contribution < 1.29 is 13.6 Å². The quantitative estimate of drug-likeness (QED) is 0.740. The van der Waals surface area contributed by atoms with E-state index in [1.807, 2.05) is 6.07 Å². The van der Waals surface area contributed by atoms with Crippen LogP contribution in [0.4, 0.5) is 14.5 Å². The van der Waals surface area contributed by atoms with Gasteiger partial charge in [-0.1, -0.05) is 0 Å². The first-order valence-corrected chi connectivity index (χ1v) is 8.06. The Balaban J connectivity index is 1.68. The molecule has 3 aromatic rings. The normalized spacial score (nSPS) is 19.5. The first-order valence-electron chi connectivity index (χ1n) is 7.27. The topological polar surface area (TPSA) is 59.8 Å². The molecule has 1 amide bonds. The minimum Gasteiger partial charge on any atom is -0.326 e. The van der Waals surface area contributed by atoms with Gasteiger partial charge in [0.25, 0.3) is 0 Å². The average molecular weight is 393 g/mol.